The second-order valence-corrected chi connectivity index (χ2v) is 2.89. The molecule has 0 radical (unpaired) electrons. The van der Waals surface area contributed by atoms with Crippen LogP contribution >= 0.6 is 0 Å². The van der Waals surface area contributed by atoms with Gasteiger partial charge in [-0.1, -0.05) is 6.07 Å². The van der Waals surface area contributed by atoms with E-state index in [4.69, 9.17) is 4.74 Å². The van der Waals surface area contributed by atoms with Gasteiger partial charge in [0, 0.05) is 0 Å². The molecule has 1 aromatic rings. The summed E-state index contributed by atoms with van der Waals surface area (Å²) in [7, 11) is 0. The Hall–Kier alpha value is -1.84. The lowest BCUT2D eigenvalue weighted by atomic mass is 10.1. The molecule has 2 amide bonds. The first-order valence-corrected chi connectivity index (χ1v) is 4.35. The van der Waals surface area contributed by atoms with E-state index in [0.717, 1.165) is 0 Å². The molecule has 0 aliphatic carbocycles. The number of carbonyl (C=O) groups excluding carboxylic acids is 2. The van der Waals surface area contributed by atoms with Gasteiger partial charge in [-0.3, -0.25) is 14.9 Å². The van der Waals surface area contributed by atoms with Crippen LogP contribution in [0.3, 0.4) is 0 Å². The van der Waals surface area contributed by atoms with Crippen molar-refractivity contribution < 1.29 is 14.3 Å². The SMILES string of the molecule is CCOc1cccc2c1C(=O)NC2=O. The first kappa shape index (κ1) is 8.74. The summed E-state index contributed by atoms with van der Waals surface area (Å²) in [6.07, 6.45) is 0. The Morgan fingerprint density at radius 2 is 2.07 bits per heavy atom. The molecule has 0 fully saturated rings. The molecule has 0 atom stereocenters. The Morgan fingerprint density at radius 3 is 2.79 bits per heavy atom. The molecule has 0 saturated carbocycles. The maximum Gasteiger partial charge on any atom is 0.262 e. The molecule has 1 aliphatic rings. The number of amides is 2. The highest BCUT2D eigenvalue weighted by molar-refractivity contribution is 6.22. The molecule has 0 aromatic heterocycles. The zero-order valence-corrected chi connectivity index (χ0v) is 7.66. The van der Waals surface area contributed by atoms with Crippen LogP contribution in [-0.2, 0) is 0 Å². The van der Waals surface area contributed by atoms with E-state index in [2.05, 4.69) is 5.32 Å². The van der Waals surface area contributed by atoms with Gasteiger partial charge >= 0.3 is 0 Å². The highest BCUT2D eigenvalue weighted by atomic mass is 16.5. The minimum Gasteiger partial charge on any atom is -0.493 e. The second kappa shape index (κ2) is 3.14. The summed E-state index contributed by atoms with van der Waals surface area (Å²) in [5, 5.41) is 2.22. The maximum atomic E-state index is 11.4. The van der Waals surface area contributed by atoms with Crippen LogP contribution in [0, 0.1) is 0 Å². The number of hydrogen-bond acceptors (Lipinski definition) is 3. The van der Waals surface area contributed by atoms with Crippen LogP contribution < -0.4 is 10.1 Å². The number of benzene rings is 1. The quantitative estimate of drug-likeness (QED) is 0.708. The van der Waals surface area contributed by atoms with E-state index in [1.165, 1.54) is 0 Å². The predicted octanol–water partition coefficient (Wildman–Crippen LogP) is 0.969. The van der Waals surface area contributed by atoms with Gasteiger partial charge in [-0.2, -0.15) is 0 Å². The van der Waals surface area contributed by atoms with Crippen LogP contribution in [0.4, 0.5) is 0 Å². The van der Waals surface area contributed by atoms with Crippen LogP contribution in [-0.4, -0.2) is 18.4 Å². The molecule has 0 saturated heterocycles. The fourth-order valence-electron chi connectivity index (χ4n) is 1.46. The van der Waals surface area contributed by atoms with Crippen molar-refractivity contribution in [1.29, 1.82) is 0 Å². The third kappa shape index (κ3) is 1.16. The number of nitrogens with one attached hydrogen (secondary N) is 1. The van der Waals surface area contributed by atoms with E-state index >= 15 is 0 Å². The average molecular weight is 191 g/mol. The summed E-state index contributed by atoms with van der Waals surface area (Å²) in [6.45, 7) is 2.30. The third-order valence-electron chi connectivity index (χ3n) is 2.02. The van der Waals surface area contributed by atoms with Crippen LogP contribution in [0.25, 0.3) is 0 Å². The van der Waals surface area contributed by atoms with Crippen molar-refractivity contribution >= 4 is 11.8 Å². The molecule has 0 bridgehead atoms. The van der Waals surface area contributed by atoms with Crippen molar-refractivity contribution in [2.75, 3.05) is 6.61 Å². The van der Waals surface area contributed by atoms with Crippen LogP contribution in [0.5, 0.6) is 5.75 Å². The number of fused-ring (bicyclic) bond motifs is 1. The average Bonchev–Trinajstić information content (AvgIpc) is 2.44. The molecule has 0 spiro atoms. The van der Waals surface area contributed by atoms with E-state index in [1.807, 2.05) is 6.92 Å². The van der Waals surface area contributed by atoms with Gasteiger partial charge < -0.3 is 4.74 Å². The van der Waals surface area contributed by atoms with Gasteiger partial charge in [0.1, 0.15) is 5.75 Å². The van der Waals surface area contributed by atoms with Crippen LogP contribution in [0.15, 0.2) is 18.2 Å². The maximum absolute atomic E-state index is 11.4. The zero-order chi connectivity index (χ0) is 10.1. The van der Waals surface area contributed by atoms with E-state index in [1.54, 1.807) is 18.2 Å². The number of carbonyl (C=O) groups is 2. The molecule has 4 heteroatoms. The summed E-state index contributed by atoms with van der Waals surface area (Å²) in [5.74, 6) is -0.269. The lowest BCUT2D eigenvalue weighted by Gasteiger charge is -2.05. The lowest BCUT2D eigenvalue weighted by Crippen LogP contribution is -2.20. The molecule has 1 aliphatic heterocycles. The Balaban J connectivity index is 2.56. The van der Waals surface area contributed by atoms with Gasteiger partial charge in [-0.05, 0) is 19.1 Å². The van der Waals surface area contributed by atoms with Crippen molar-refractivity contribution in [3.8, 4) is 5.75 Å². The topological polar surface area (TPSA) is 55.4 Å². The molecular formula is C10H9NO3. The number of ether oxygens (including phenoxy) is 1. The van der Waals surface area contributed by atoms with Gasteiger partial charge in [0.05, 0.1) is 17.7 Å². The number of hydrogen-bond donors (Lipinski definition) is 1. The minimum atomic E-state index is -0.381. The van der Waals surface area contributed by atoms with Crippen molar-refractivity contribution in [3.05, 3.63) is 29.3 Å². The molecule has 1 aromatic carbocycles. The van der Waals surface area contributed by atoms with Crippen molar-refractivity contribution in [2.24, 2.45) is 0 Å². The highest BCUT2D eigenvalue weighted by Gasteiger charge is 2.29. The summed E-state index contributed by atoms with van der Waals surface area (Å²) in [5.41, 5.74) is 0.736. The largest absolute Gasteiger partial charge is 0.493 e. The first-order valence-electron chi connectivity index (χ1n) is 4.35. The molecule has 72 valence electrons. The Morgan fingerprint density at radius 1 is 1.29 bits per heavy atom. The summed E-state index contributed by atoms with van der Waals surface area (Å²) >= 11 is 0. The lowest BCUT2D eigenvalue weighted by molar-refractivity contribution is 0.0879. The van der Waals surface area contributed by atoms with Gasteiger partial charge in [0.15, 0.2) is 0 Å². The number of imide groups is 1. The molecule has 14 heavy (non-hydrogen) atoms. The fourth-order valence-corrected chi connectivity index (χ4v) is 1.46. The zero-order valence-electron chi connectivity index (χ0n) is 7.66. The van der Waals surface area contributed by atoms with Crippen molar-refractivity contribution in [2.45, 2.75) is 6.92 Å². The van der Waals surface area contributed by atoms with Crippen LogP contribution in [0.2, 0.25) is 0 Å². The standard InChI is InChI=1S/C10H9NO3/c1-2-14-7-5-3-4-6-8(7)10(13)11-9(6)12/h3-5H,2H2,1H3,(H,11,12,13). The van der Waals surface area contributed by atoms with E-state index in [0.29, 0.717) is 23.5 Å². The normalized spacial score (nSPS) is 13.8. The molecule has 1 N–H and O–H groups in total. The number of rotatable bonds is 2. The van der Waals surface area contributed by atoms with Gasteiger partial charge in [-0.15, -0.1) is 0 Å². The monoisotopic (exact) mass is 191 g/mol. The van der Waals surface area contributed by atoms with Crippen LogP contribution in [0.1, 0.15) is 27.6 Å². The summed E-state index contributed by atoms with van der Waals surface area (Å²) in [6, 6.07) is 4.99. The molecule has 1 heterocycles. The highest BCUT2D eigenvalue weighted by Crippen LogP contribution is 2.25. The smallest absolute Gasteiger partial charge is 0.262 e. The Kier molecular flexibility index (Phi) is 1.96. The van der Waals surface area contributed by atoms with E-state index in [-0.39, 0.29) is 11.8 Å². The molecule has 4 nitrogen and oxygen atoms in total. The minimum absolute atomic E-state index is 0.347. The third-order valence-corrected chi connectivity index (χ3v) is 2.02. The van der Waals surface area contributed by atoms with Gasteiger partial charge in [-0.25, -0.2) is 0 Å². The Labute approximate surface area is 80.9 Å². The summed E-state index contributed by atoms with van der Waals surface area (Å²) < 4.78 is 5.25. The molecule has 0 unspecified atom stereocenters. The van der Waals surface area contributed by atoms with Crippen molar-refractivity contribution in [3.63, 3.8) is 0 Å². The second-order valence-electron chi connectivity index (χ2n) is 2.89. The molecule has 2 rings (SSSR count). The molecular weight excluding hydrogens is 182 g/mol. The summed E-state index contributed by atoms with van der Waals surface area (Å²) in [4.78, 5) is 22.6. The first-order chi connectivity index (χ1) is 6.74. The van der Waals surface area contributed by atoms with Gasteiger partial charge in [0.2, 0.25) is 0 Å². The van der Waals surface area contributed by atoms with E-state index < -0.39 is 0 Å². The fraction of sp³-hybridized carbons (Fsp3) is 0.200. The Bertz CT molecular complexity index is 412. The predicted molar refractivity (Wildman–Crippen MR) is 49.4 cm³/mol. The van der Waals surface area contributed by atoms with Gasteiger partial charge in [0.25, 0.3) is 11.8 Å². The van der Waals surface area contributed by atoms with E-state index in [9.17, 15) is 9.59 Å². The van der Waals surface area contributed by atoms with Crippen molar-refractivity contribution in [1.82, 2.24) is 5.32 Å².